The van der Waals surface area contributed by atoms with Crippen LogP contribution >= 0.6 is 0 Å². The van der Waals surface area contributed by atoms with Crippen LogP contribution in [-0.4, -0.2) is 51.1 Å². The summed E-state index contributed by atoms with van der Waals surface area (Å²) in [7, 11) is 3.60. The van der Waals surface area contributed by atoms with Crippen molar-refractivity contribution < 1.29 is 4.79 Å². The second-order valence-corrected chi connectivity index (χ2v) is 4.45. The Hall–Kier alpha value is -0.610. The van der Waals surface area contributed by atoms with Gasteiger partial charge < -0.3 is 15.5 Å². The molecule has 1 aliphatic heterocycles. The summed E-state index contributed by atoms with van der Waals surface area (Å²) < 4.78 is 0. The summed E-state index contributed by atoms with van der Waals surface area (Å²) in [5.74, 6) is 0.942. The first-order valence-electron chi connectivity index (χ1n) is 5.81. The molecular formula is C11H23N3O. The van der Waals surface area contributed by atoms with E-state index in [9.17, 15) is 4.79 Å². The van der Waals surface area contributed by atoms with Crippen LogP contribution in [0, 0.1) is 5.92 Å². The highest BCUT2D eigenvalue weighted by atomic mass is 16.2. The Balaban J connectivity index is 1.98. The van der Waals surface area contributed by atoms with Crippen LogP contribution in [0.15, 0.2) is 0 Å². The van der Waals surface area contributed by atoms with E-state index in [-0.39, 0.29) is 5.91 Å². The van der Waals surface area contributed by atoms with E-state index < -0.39 is 0 Å². The predicted molar refractivity (Wildman–Crippen MR) is 61.8 cm³/mol. The molecule has 1 rings (SSSR count). The molecule has 4 nitrogen and oxygen atoms in total. The molecule has 0 aliphatic carbocycles. The van der Waals surface area contributed by atoms with Crippen molar-refractivity contribution in [3.63, 3.8) is 0 Å². The summed E-state index contributed by atoms with van der Waals surface area (Å²) in [6.45, 7) is 4.12. The molecule has 1 atom stereocenters. The lowest BCUT2D eigenvalue weighted by atomic mass is 10.00. The Labute approximate surface area is 92.4 Å². The van der Waals surface area contributed by atoms with Crippen LogP contribution < -0.4 is 10.6 Å². The standard InChI is InChI=1S/C11H23N3O/c1-14(2)11(15)5-7-13-9-10-4-3-6-12-8-10/h10,12-13H,3-9H2,1-2H3. The minimum absolute atomic E-state index is 0.198. The Bertz CT molecular complexity index is 188. The summed E-state index contributed by atoms with van der Waals surface area (Å²) >= 11 is 0. The van der Waals surface area contributed by atoms with E-state index in [0.29, 0.717) is 6.42 Å². The van der Waals surface area contributed by atoms with E-state index in [0.717, 1.165) is 32.1 Å². The normalized spacial score (nSPS) is 21.3. The topological polar surface area (TPSA) is 44.4 Å². The van der Waals surface area contributed by atoms with Crippen LogP contribution in [0.5, 0.6) is 0 Å². The van der Waals surface area contributed by atoms with E-state index in [4.69, 9.17) is 0 Å². The summed E-state index contributed by atoms with van der Waals surface area (Å²) in [5.41, 5.74) is 0. The van der Waals surface area contributed by atoms with Gasteiger partial charge in [0, 0.05) is 27.1 Å². The van der Waals surface area contributed by atoms with Crippen molar-refractivity contribution >= 4 is 5.91 Å². The van der Waals surface area contributed by atoms with Gasteiger partial charge in [0.2, 0.25) is 5.91 Å². The molecule has 4 heteroatoms. The van der Waals surface area contributed by atoms with Gasteiger partial charge in [-0.2, -0.15) is 0 Å². The number of nitrogens with zero attached hydrogens (tertiary/aromatic N) is 1. The summed E-state index contributed by atoms with van der Waals surface area (Å²) in [4.78, 5) is 12.9. The zero-order valence-corrected chi connectivity index (χ0v) is 9.88. The molecule has 0 bridgehead atoms. The summed E-state index contributed by atoms with van der Waals surface area (Å²) in [5, 5.41) is 6.74. The maximum atomic E-state index is 11.3. The Morgan fingerprint density at radius 1 is 1.53 bits per heavy atom. The van der Waals surface area contributed by atoms with Gasteiger partial charge in [-0.15, -0.1) is 0 Å². The quantitative estimate of drug-likeness (QED) is 0.635. The van der Waals surface area contributed by atoms with Crippen LogP contribution in [0.1, 0.15) is 19.3 Å². The fraction of sp³-hybridized carbons (Fsp3) is 0.909. The van der Waals surface area contributed by atoms with E-state index in [1.807, 2.05) is 0 Å². The van der Waals surface area contributed by atoms with Crippen LogP contribution in [-0.2, 0) is 4.79 Å². The Morgan fingerprint density at radius 3 is 2.93 bits per heavy atom. The van der Waals surface area contributed by atoms with Crippen molar-refractivity contribution in [2.45, 2.75) is 19.3 Å². The molecule has 88 valence electrons. The lowest BCUT2D eigenvalue weighted by molar-refractivity contribution is -0.128. The largest absolute Gasteiger partial charge is 0.349 e. The molecular weight excluding hydrogens is 190 g/mol. The molecule has 1 saturated heterocycles. The average Bonchev–Trinajstić information content (AvgIpc) is 2.25. The maximum Gasteiger partial charge on any atom is 0.223 e. The molecule has 0 spiro atoms. The van der Waals surface area contributed by atoms with Gasteiger partial charge in [0.1, 0.15) is 0 Å². The molecule has 1 aliphatic rings. The molecule has 15 heavy (non-hydrogen) atoms. The monoisotopic (exact) mass is 213 g/mol. The fourth-order valence-corrected chi connectivity index (χ4v) is 1.82. The van der Waals surface area contributed by atoms with Gasteiger partial charge in [0.25, 0.3) is 0 Å². The Morgan fingerprint density at radius 2 is 2.33 bits per heavy atom. The van der Waals surface area contributed by atoms with E-state index >= 15 is 0 Å². The molecule has 1 amide bonds. The number of carbonyl (C=O) groups is 1. The number of piperidine rings is 1. The molecule has 1 heterocycles. The third-order valence-corrected chi connectivity index (χ3v) is 2.85. The van der Waals surface area contributed by atoms with Crippen molar-refractivity contribution in [1.29, 1.82) is 0 Å². The van der Waals surface area contributed by atoms with E-state index in [1.54, 1.807) is 19.0 Å². The van der Waals surface area contributed by atoms with Crippen LogP contribution in [0.3, 0.4) is 0 Å². The number of nitrogens with one attached hydrogen (secondary N) is 2. The van der Waals surface area contributed by atoms with Gasteiger partial charge in [0.15, 0.2) is 0 Å². The van der Waals surface area contributed by atoms with Gasteiger partial charge in [-0.25, -0.2) is 0 Å². The molecule has 0 radical (unpaired) electrons. The molecule has 2 N–H and O–H groups in total. The van der Waals surface area contributed by atoms with Crippen molar-refractivity contribution in [1.82, 2.24) is 15.5 Å². The molecule has 0 aromatic heterocycles. The van der Waals surface area contributed by atoms with Gasteiger partial charge >= 0.3 is 0 Å². The lowest BCUT2D eigenvalue weighted by Crippen LogP contribution is -2.37. The van der Waals surface area contributed by atoms with E-state index in [1.165, 1.54) is 12.8 Å². The van der Waals surface area contributed by atoms with Gasteiger partial charge in [-0.3, -0.25) is 4.79 Å². The average molecular weight is 213 g/mol. The summed E-state index contributed by atoms with van der Waals surface area (Å²) in [6, 6.07) is 0. The van der Waals surface area contributed by atoms with Gasteiger partial charge in [0.05, 0.1) is 0 Å². The first-order chi connectivity index (χ1) is 7.20. The molecule has 0 aromatic carbocycles. The predicted octanol–water partition coefficient (Wildman–Crippen LogP) is 0.0539. The minimum atomic E-state index is 0.198. The fourth-order valence-electron chi connectivity index (χ4n) is 1.82. The van der Waals surface area contributed by atoms with Crippen LogP contribution in [0.2, 0.25) is 0 Å². The summed E-state index contributed by atoms with van der Waals surface area (Å²) in [6.07, 6.45) is 3.19. The van der Waals surface area contributed by atoms with Crippen molar-refractivity contribution in [3.05, 3.63) is 0 Å². The van der Waals surface area contributed by atoms with Gasteiger partial charge in [-0.1, -0.05) is 0 Å². The molecule has 0 aromatic rings. The van der Waals surface area contributed by atoms with Crippen LogP contribution in [0.4, 0.5) is 0 Å². The molecule has 0 saturated carbocycles. The minimum Gasteiger partial charge on any atom is -0.349 e. The zero-order valence-electron chi connectivity index (χ0n) is 9.88. The van der Waals surface area contributed by atoms with Crippen molar-refractivity contribution in [3.8, 4) is 0 Å². The highest BCUT2D eigenvalue weighted by Gasteiger charge is 2.12. The second kappa shape index (κ2) is 6.80. The smallest absolute Gasteiger partial charge is 0.223 e. The number of carbonyl (C=O) groups excluding carboxylic acids is 1. The maximum absolute atomic E-state index is 11.3. The molecule has 1 fully saturated rings. The Kier molecular flexibility index (Phi) is 5.65. The highest BCUT2D eigenvalue weighted by molar-refractivity contribution is 5.75. The first kappa shape index (κ1) is 12.5. The van der Waals surface area contributed by atoms with Crippen LogP contribution in [0.25, 0.3) is 0 Å². The molecule has 1 unspecified atom stereocenters. The zero-order chi connectivity index (χ0) is 11.1. The van der Waals surface area contributed by atoms with Crippen molar-refractivity contribution in [2.75, 3.05) is 40.3 Å². The lowest BCUT2D eigenvalue weighted by Gasteiger charge is -2.23. The highest BCUT2D eigenvalue weighted by Crippen LogP contribution is 2.07. The number of hydrogen-bond acceptors (Lipinski definition) is 3. The number of rotatable bonds is 5. The SMILES string of the molecule is CN(C)C(=O)CCNCC1CCCNC1. The third kappa shape index (κ3) is 5.14. The number of amides is 1. The third-order valence-electron chi connectivity index (χ3n) is 2.85. The van der Waals surface area contributed by atoms with E-state index in [2.05, 4.69) is 10.6 Å². The van der Waals surface area contributed by atoms with Gasteiger partial charge in [-0.05, 0) is 38.4 Å². The number of hydrogen-bond donors (Lipinski definition) is 2. The second-order valence-electron chi connectivity index (χ2n) is 4.45. The van der Waals surface area contributed by atoms with Crippen molar-refractivity contribution in [2.24, 2.45) is 5.92 Å². The first-order valence-corrected chi connectivity index (χ1v) is 5.81.